The lowest BCUT2D eigenvalue weighted by molar-refractivity contribution is 0.267. The summed E-state index contributed by atoms with van der Waals surface area (Å²) in [5.74, 6) is 0.520. The lowest BCUT2D eigenvalue weighted by atomic mass is 10.2. The topological polar surface area (TPSA) is 71.5 Å². The Labute approximate surface area is 114 Å². The molecule has 6 nitrogen and oxygen atoms in total. The fourth-order valence-corrected chi connectivity index (χ4v) is 2.55. The summed E-state index contributed by atoms with van der Waals surface area (Å²) in [7, 11) is 1.90. The first kappa shape index (κ1) is 13.9. The van der Waals surface area contributed by atoms with Gasteiger partial charge in [0.25, 0.3) is 0 Å². The highest BCUT2D eigenvalue weighted by molar-refractivity contribution is 5.77. The van der Waals surface area contributed by atoms with E-state index in [0.29, 0.717) is 18.5 Å². The molecule has 1 unspecified atom stereocenters. The van der Waals surface area contributed by atoms with Gasteiger partial charge in [0.2, 0.25) is 0 Å². The molecule has 0 bridgehead atoms. The molecule has 2 rings (SSSR count). The molecule has 0 spiro atoms. The molecular weight excluding hydrogens is 240 g/mol. The number of nitrogens with one attached hydrogen (secondary N) is 1. The van der Waals surface area contributed by atoms with Crippen molar-refractivity contribution in [1.82, 2.24) is 20.0 Å². The van der Waals surface area contributed by atoms with E-state index in [1.165, 1.54) is 19.4 Å². The van der Waals surface area contributed by atoms with Gasteiger partial charge in [0.05, 0.1) is 12.7 Å². The number of nitrogens with two attached hydrogens (primary N) is 1. The number of nitrogens with zero attached hydrogens (tertiary/aromatic N) is 4. The van der Waals surface area contributed by atoms with Crippen LogP contribution >= 0.6 is 0 Å². The zero-order chi connectivity index (χ0) is 13.7. The van der Waals surface area contributed by atoms with Gasteiger partial charge in [-0.15, -0.1) is 0 Å². The van der Waals surface area contributed by atoms with Crippen LogP contribution in [0.3, 0.4) is 0 Å². The van der Waals surface area contributed by atoms with Crippen molar-refractivity contribution in [2.24, 2.45) is 17.8 Å². The minimum atomic E-state index is 0.520. The summed E-state index contributed by atoms with van der Waals surface area (Å²) in [6, 6.07) is 0.595. The Bertz CT molecular complexity index is 425. The van der Waals surface area contributed by atoms with Crippen molar-refractivity contribution in [2.45, 2.75) is 32.4 Å². The Hall–Kier alpha value is -1.56. The summed E-state index contributed by atoms with van der Waals surface area (Å²) < 4.78 is 1.77. The molecule has 1 aromatic heterocycles. The highest BCUT2D eigenvalue weighted by Gasteiger charge is 2.22. The number of likely N-dealkylation sites (tertiary alicyclic amines) is 1. The van der Waals surface area contributed by atoms with Crippen molar-refractivity contribution in [3.63, 3.8) is 0 Å². The zero-order valence-electron chi connectivity index (χ0n) is 11.8. The average molecular weight is 264 g/mol. The molecule has 1 aliphatic rings. The maximum absolute atomic E-state index is 5.89. The largest absolute Gasteiger partial charge is 0.370 e. The number of guanidine groups is 1. The fraction of sp³-hybridized carbons (Fsp3) is 0.692. The second-order valence-electron chi connectivity index (χ2n) is 5.03. The molecule has 106 valence electrons. The summed E-state index contributed by atoms with van der Waals surface area (Å²) in [6.45, 7) is 5.98. The molecule has 2 heterocycles. The van der Waals surface area contributed by atoms with Crippen LogP contribution in [0, 0.1) is 0 Å². The lowest BCUT2D eigenvalue weighted by Crippen LogP contribution is -2.42. The molecule has 1 fully saturated rings. The molecule has 1 aromatic rings. The summed E-state index contributed by atoms with van der Waals surface area (Å²) >= 11 is 0. The van der Waals surface area contributed by atoms with Gasteiger partial charge in [-0.05, 0) is 25.9 Å². The van der Waals surface area contributed by atoms with E-state index >= 15 is 0 Å². The SMILES string of the molecule is CCN1CCCC1CNC(N)=NCc1cnn(C)c1. The summed E-state index contributed by atoms with van der Waals surface area (Å²) in [6.07, 6.45) is 6.29. The molecule has 0 saturated carbocycles. The molecule has 1 aliphatic heterocycles. The van der Waals surface area contributed by atoms with Gasteiger partial charge in [-0.25, -0.2) is 4.99 Å². The summed E-state index contributed by atoms with van der Waals surface area (Å²) in [5.41, 5.74) is 6.96. The molecule has 0 aromatic carbocycles. The summed E-state index contributed by atoms with van der Waals surface area (Å²) in [5, 5.41) is 7.33. The number of likely N-dealkylation sites (N-methyl/N-ethyl adjacent to an activating group) is 1. The van der Waals surface area contributed by atoms with E-state index in [-0.39, 0.29) is 0 Å². The second-order valence-corrected chi connectivity index (χ2v) is 5.03. The predicted molar refractivity (Wildman–Crippen MR) is 76.8 cm³/mol. The Morgan fingerprint density at radius 1 is 1.63 bits per heavy atom. The number of aromatic nitrogens is 2. The van der Waals surface area contributed by atoms with Crippen LogP contribution in [-0.4, -0.2) is 46.3 Å². The molecule has 1 atom stereocenters. The number of rotatable bonds is 5. The van der Waals surface area contributed by atoms with Crippen LogP contribution in [0.25, 0.3) is 0 Å². The molecule has 1 saturated heterocycles. The van der Waals surface area contributed by atoms with Crippen LogP contribution in [0.5, 0.6) is 0 Å². The molecule has 0 amide bonds. The second kappa shape index (κ2) is 6.56. The number of aryl methyl sites for hydroxylation is 1. The number of aliphatic imine (C=N–C) groups is 1. The fourth-order valence-electron chi connectivity index (χ4n) is 2.55. The van der Waals surface area contributed by atoms with Gasteiger partial charge in [0, 0.05) is 31.4 Å². The third-order valence-corrected chi connectivity index (χ3v) is 3.61. The minimum Gasteiger partial charge on any atom is -0.370 e. The van der Waals surface area contributed by atoms with Gasteiger partial charge in [-0.2, -0.15) is 5.10 Å². The lowest BCUT2D eigenvalue weighted by Gasteiger charge is -2.23. The van der Waals surface area contributed by atoms with E-state index in [0.717, 1.165) is 18.7 Å². The predicted octanol–water partition coefficient (Wildman–Crippen LogP) is 0.309. The number of hydrogen-bond acceptors (Lipinski definition) is 3. The summed E-state index contributed by atoms with van der Waals surface area (Å²) in [4.78, 5) is 6.82. The van der Waals surface area contributed by atoms with E-state index in [9.17, 15) is 0 Å². The van der Waals surface area contributed by atoms with E-state index in [1.54, 1.807) is 4.68 Å². The third-order valence-electron chi connectivity index (χ3n) is 3.61. The first-order valence-electron chi connectivity index (χ1n) is 6.94. The van der Waals surface area contributed by atoms with Crippen LogP contribution < -0.4 is 11.1 Å². The minimum absolute atomic E-state index is 0.520. The van der Waals surface area contributed by atoms with E-state index in [2.05, 4.69) is 27.2 Å². The van der Waals surface area contributed by atoms with Crippen LogP contribution in [0.15, 0.2) is 17.4 Å². The Kier molecular flexibility index (Phi) is 4.79. The van der Waals surface area contributed by atoms with Crippen LogP contribution in [0.2, 0.25) is 0 Å². The maximum Gasteiger partial charge on any atom is 0.188 e. The van der Waals surface area contributed by atoms with E-state index in [1.807, 2.05) is 19.4 Å². The van der Waals surface area contributed by atoms with E-state index in [4.69, 9.17) is 5.73 Å². The molecular formula is C13H24N6. The van der Waals surface area contributed by atoms with Crippen molar-refractivity contribution in [2.75, 3.05) is 19.6 Å². The molecule has 19 heavy (non-hydrogen) atoms. The smallest absolute Gasteiger partial charge is 0.188 e. The Morgan fingerprint density at radius 3 is 3.16 bits per heavy atom. The van der Waals surface area contributed by atoms with E-state index < -0.39 is 0 Å². The Morgan fingerprint density at radius 2 is 2.47 bits per heavy atom. The monoisotopic (exact) mass is 264 g/mol. The zero-order valence-corrected chi connectivity index (χ0v) is 11.8. The van der Waals surface area contributed by atoms with Gasteiger partial charge in [0.1, 0.15) is 0 Å². The third kappa shape index (κ3) is 3.96. The van der Waals surface area contributed by atoms with Gasteiger partial charge in [-0.1, -0.05) is 6.92 Å². The average Bonchev–Trinajstić information content (AvgIpc) is 3.02. The molecule has 0 radical (unpaired) electrons. The van der Waals surface area contributed by atoms with Crippen molar-refractivity contribution in [3.05, 3.63) is 18.0 Å². The standard InChI is InChI=1S/C13H24N6/c1-3-19-6-4-5-12(19)9-16-13(14)15-7-11-8-17-18(2)10-11/h8,10,12H,3-7,9H2,1-2H3,(H3,14,15,16). The van der Waals surface area contributed by atoms with Crippen LogP contribution in [0.4, 0.5) is 0 Å². The van der Waals surface area contributed by atoms with Crippen molar-refractivity contribution in [1.29, 1.82) is 0 Å². The molecule has 0 aliphatic carbocycles. The quantitative estimate of drug-likeness (QED) is 0.593. The van der Waals surface area contributed by atoms with Crippen LogP contribution in [-0.2, 0) is 13.6 Å². The van der Waals surface area contributed by atoms with Gasteiger partial charge < -0.3 is 11.1 Å². The normalized spacial score (nSPS) is 20.9. The van der Waals surface area contributed by atoms with Gasteiger partial charge in [-0.3, -0.25) is 9.58 Å². The van der Waals surface area contributed by atoms with Crippen molar-refractivity contribution < 1.29 is 0 Å². The van der Waals surface area contributed by atoms with Gasteiger partial charge >= 0.3 is 0 Å². The molecule has 6 heteroatoms. The Balaban J connectivity index is 1.76. The van der Waals surface area contributed by atoms with Gasteiger partial charge in [0.15, 0.2) is 5.96 Å². The first-order valence-corrected chi connectivity index (χ1v) is 6.94. The van der Waals surface area contributed by atoms with Crippen molar-refractivity contribution >= 4 is 5.96 Å². The van der Waals surface area contributed by atoms with Crippen LogP contribution in [0.1, 0.15) is 25.3 Å². The number of hydrogen-bond donors (Lipinski definition) is 2. The highest BCUT2D eigenvalue weighted by Crippen LogP contribution is 2.15. The van der Waals surface area contributed by atoms with Crippen molar-refractivity contribution in [3.8, 4) is 0 Å². The maximum atomic E-state index is 5.89. The molecule has 3 N–H and O–H groups in total. The first-order chi connectivity index (χ1) is 9.19. The highest BCUT2D eigenvalue weighted by atomic mass is 15.2.